The summed E-state index contributed by atoms with van der Waals surface area (Å²) in [5.74, 6) is 2.10. The van der Waals surface area contributed by atoms with E-state index in [0.717, 1.165) is 5.25 Å². The summed E-state index contributed by atoms with van der Waals surface area (Å²) in [5.41, 5.74) is 0. The van der Waals surface area contributed by atoms with Gasteiger partial charge in [-0.1, -0.05) is 0 Å². The molecule has 0 heterocycles. The van der Waals surface area contributed by atoms with Crippen molar-refractivity contribution in [2.45, 2.75) is 17.9 Å². The van der Waals surface area contributed by atoms with Gasteiger partial charge in [-0.3, -0.25) is 0 Å². The molecular formula is C5H14GeO2. The molecule has 0 aromatic carbocycles. The molecule has 0 rings (SSSR count). The van der Waals surface area contributed by atoms with Crippen molar-refractivity contribution in [2.24, 2.45) is 0 Å². The van der Waals surface area contributed by atoms with E-state index in [2.05, 4.69) is 12.7 Å². The molecule has 0 unspecified atom stereocenters. The Balaban J connectivity index is 3.58. The van der Waals surface area contributed by atoms with Crippen molar-refractivity contribution in [1.82, 2.24) is 0 Å². The maximum atomic E-state index is 5.20. The fourth-order valence-corrected chi connectivity index (χ4v) is 1.93. The zero-order chi connectivity index (χ0) is 6.62. The van der Waals surface area contributed by atoms with Crippen molar-refractivity contribution in [3.05, 3.63) is 0 Å². The molecule has 0 spiro atoms. The molecule has 50 valence electrons. The van der Waals surface area contributed by atoms with Crippen LogP contribution in [0.4, 0.5) is 0 Å². The second-order valence-corrected chi connectivity index (χ2v) is 9.85. The van der Waals surface area contributed by atoms with Crippen LogP contribution in [0.5, 0.6) is 0 Å². The van der Waals surface area contributed by atoms with Gasteiger partial charge in [0.15, 0.2) is 0 Å². The standard InChI is InChI=1S/C5H14GeO2/c1-5-6(2,7-3)8-4/h5H2,1-4H3. The van der Waals surface area contributed by atoms with Gasteiger partial charge in [-0.2, -0.15) is 0 Å². The van der Waals surface area contributed by atoms with E-state index in [0.29, 0.717) is 0 Å². The Labute approximate surface area is 54.2 Å². The SMILES string of the molecule is C[CH2][Ge]([CH3])([O]C)[O]C. The van der Waals surface area contributed by atoms with Gasteiger partial charge in [0.05, 0.1) is 0 Å². The quantitative estimate of drug-likeness (QED) is 0.608. The van der Waals surface area contributed by atoms with E-state index in [4.69, 9.17) is 7.53 Å². The molecule has 0 fully saturated rings. The van der Waals surface area contributed by atoms with E-state index in [9.17, 15) is 0 Å². The maximum absolute atomic E-state index is 5.20. The first kappa shape index (κ1) is 8.46. The van der Waals surface area contributed by atoms with Crippen LogP contribution in [-0.2, 0) is 7.53 Å². The number of hydrogen-bond donors (Lipinski definition) is 0. The minimum absolute atomic E-state index is 1.06. The normalized spacial score (nSPS) is 12.0. The van der Waals surface area contributed by atoms with Gasteiger partial charge >= 0.3 is 53.6 Å². The average molecular weight is 179 g/mol. The molecule has 0 aliphatic heterocycles. The van der Waals surface area contributed by atoms with Gasteiger partial charge in [-0.05, 0) is 0 Å². The summed E-state index contributed by atoms with van der Waals surface area (Å²) in [7, 11) is 3.46. The molecule has 0 bridgehead atoms. The van der Waals surface area contributed by atoms with Crippen molar-refractivity contribution >= 4 is 13.9 Å². The molecule has 0 aliphatic carbocycles. The third kappa shape index (κ3) is 2.15. The van der Waals surface area contributed by atoms with E-state index >= 15 is 0 Å². The molecule has 0 radical (unpaired) electrons. The van der Waals surface area contributed by atoms with Gasteiger partial charge in [-0.15, -0.1) is 0 Å². The molecule has 0 amide bonds. The Morgan fingerprint density at radius 3 is 1.62 bits per heavy atom. The molecule has 8 heavy (non-hydrogen) atoms. The van der Waals surface area contributed by atoms with Crippen molar-refractivity contribution in [2.75, 3.05) is 14.2 Å². The Hall–Kier alpha value is 0.463. The fraction of sp³-hybridized carbons (Fsp3) is 1.00. The second-order valence-electron chi connectivity index (χ2n) is 1.90. The van der Waals surface area contributed by atoms with Crippen LogP contribution in [-0.4, -0.2) is 28.2 Å². The van der Waals surface area contributed by atoms with E-state index in [1.165, 1.54) is 0 Å². The van der Waals surface area contributed by atoms with Crippen LogP contribution in [0.1, 0.15) is 6.92 Å². The summed E-state index contributed by atoms with van der Waals surface area (Å²) in [5, 5.41) is 1.06. The molecule has 0 atom stereocenters. The van der Waals surface area contributed by atoms with Crippen LogP contribution in [0.3, 0.4) is 0 Å². The van der Waals surface area contributed by atoms with E-state index in [1.54, 1.807) is 14.2 Å². The first-order valence-electron chi connectivity index (χ1n) is 2.79. The Bertz CT molecular complexity index is 53.2. The van der Waals surface area contributed by atoms with E-state index in [-0.39, 0.29) is 0 Å². The molecule has 0 N–H and O–H groups in total. The van der Waals surface area contributed by atoms with Crippen molar-refractivity contribution in [3.8, 4) is 0 Å². The average Bonchev–Trinajstić information content (AvgIpc) is 1.87. The third-order valence-corrected chi connectivity index (χ3v) is 7.82. The molecule has 0 aromatic rings. The van der Waals surface area contributed by atoms with Crippen LogP contribution in [0, 0.1) is 0 Å². The van der Waals surface area contributed by atoms with Gasteiger partial charge < -0.3 is 0 Å². The van der Waals surface area contributed by atoms with Crippen molar-refractivity contribution in [1.29, 1.82) is 0 Å². The van der Waals surface area contributed by atoms with Crippen LogP contribution in [0.25, 0.3) is 0 Å². The van der Waals surface area contributed by atoms with Crippen LogP contribution >= 0.6 is 0 Å². The van der Waals surface area contributed by atoms with Crippen LogP contribution in [0.2, 0.25) is 11.0 Å². The number of hydrogen-bond acceptors (Lipinski definition) is 2. The Morgan fingerprint density at radius 2 is 1.62 bits per heavy atom. The van der Waals surface area contributed by atoms with Crippen molar-refractivity contribution in [3.63, 3.8) is 0 Å². The predicted octanol–water partition coefficient (Wildman–Crippen LogP) is 1.37. The Morgan fingerprint density at radius 1 is 1.25 bits per heavy atom. The molecule has 3 heteroatoms. The first-order chi connectivity index (χ1) is 3.68. The molecular weight excluding hydrogens is 165 g/mol. The first-order valence-corrected chi connectivity index (χ1v) is 8.08. The predicted molar refractivity (Wildman–Crippen MR) is 36.1 cm³/mol. The third-order valence-electron chi connectivity index (χ3n) is 1.51. The summed E-state index contributed by atoms with van der Waals surface area (Å²) in [6.07, 6.45) is 0. The van der Waals surface area contributed by atoms with Crippen LogP contribution < -0.4 is 0 Å². The molecule has 0 saturated carbocycles. The minimum atomic E-state index is -2.12. The fourth-order valence-electron chi connectivity index (χ4n) is 0.372. The van der Waals surface area contributed by atoms with E-state index in [1.807, 2.05) is 0 Å². The number of rotatable bonds is 3. The zero-order valence-corrected chi connectivity index (χ0v) is 8.12. The molecule has 0 aliphatic rings. The van der Waals surface area contributed by atoms with E-state index < -0.39 is 13.9 Å². The van der Waals surface area contributed by atoms with Gasteiger partial charge in [0.2, 0.25) is 0 Å². The summed E-state index contributed by atoms with van der Waals surface area (Å²) < 4.78 is 10.4. The molecule has 0 saturated heterocycles. The summed E-state index contributed by atoms with van der Waals surface area (Å²) in [4.78, 5) is 0. The summed E-state index contributed by atoms with van der Waals surface area (Å²) in [6.45, 7) is 2.10. The van der Waals surface area contributed by atoms with Gasteiger partial charge in [0.25, 0.3) is 0 Å². The van der Waals surface area contributed by atoms with Gasteiger partial charge in [0.1, 0.15) is 0 Å². The second kappa shape index (κ2) is 3.48. The molecule has 0 aromatic heterocycles. The monoisotopic (exact) mass is 180 g/mol. The van der Waals surface area contributed by atoms with Gasteiger partial charge in [-0.25, -0.2) is 0 Å². The zero-order valence-electron chi connectivity index (χ0n) is 6.02. The van der Waals surface area contributed by atoms with Gasteiger partial charge in [0, 0.05) is 0 Å². The van der Waals surface area contributed by atoms with Crippen LogP contribution in [0.15, 0.2) is 0 Å². The summed E-state index contributed by atoms with van der Waals surface area (Å²) >= 11 is -2.12. The Kier molecular flexibility index (Phi) is 3.68. The summed E-state index contributed by atoms with van der Waals surface area (Å²) in [6, 6.07) is 0. The molecule has 2 nitrogen and oxygen atoms in total. The van der Waals surface area contributed by atoms with Crippen molar-refractivity contribution < 1.29 is 7.53 Å². The topological polar surface area (TPSA) is 18.5 Å².